The van der Waals surface area contributed by atoms with Crippen molar-refractivity contribution in [3.05, 3.63) is 18.2 Å². The fourth-order valence-corrected chi connectivity index (χ4v) is 2.26. The molecule has 2 heterocycles. The number of thiol groups is 1. The van der Waals surface area contributed by atoms with E-state index in [0.717, 1.165) is 18.8 Å². The normalized spacial score (nSPS) is 16.6. The second-order valence-corrected chi connectivity index (χ2v) is 4.54. The van der Waals surface area contributed by atoms with E-state index in [0.29, 0.717) is 0 Å². The third kappa shape index (κ3) is 2.98. The van der Waals surface area contributed by atoms with E-state index in [1.54, 1.807) is 0 Å². The number of nitrogens with zero attached hydrogens (tertiary/aromatic N) is 3. The van der Waals surface area contributed by atoms with Crippen LogP contribution in [0.25, 0.3) is 0 Å². The summed E-state index contributed by atoms with van der Waals surface area (Å²) >= 11 is 4.22. The number of imidazole rings is 1. The van der Waals surface area contributed by atoms with Crippen LogP contribution in [0.1, 0.15) is 25.1 Å². The minimum atomic E-state index is 1.02. The molecule has 1 aromatic rings. The Hall–Kier alpha value is -0.480. The Labute approximate surface area is 96.9 Å². The smallest absolute Gasteiger partial charge is 0.122 e. The van der Waals surface area contributed by atoms with Crippen LogP contribution in [0.4, 0.5) is 0 Å². The van der Waals surface area contributed by atoms with Gasteiger partial charge in [-0.05, 0) is 25.1 Å². The highest BCUT2D eigenvalue weighted by Gasteiger charge is 2.15. The van der Waals surface area contributed by atoms with E-state index in [-0.39, 0.29) is 0 Å². The molecule has 2 rings (SSSR count). The molecule has 1 aromatic heterocycles. The number of hydrogen-bond acceptors (Lipinski definition) is 3. The SMILES string of the molecule is SCCCCCN1CCn2ccnc2C1. The number of fused-ring (bicyclic) bond motifs is 1. The number of unbranched alkanes of at least 4 members (excludes halogenated alkanes) is 2. The molecule has 0 aliphatic carbocycles. The Morgan fingerprint density at radius 2 is 2.20 bits per heavy atom. The monoisotopic (exact) mass is 225 g/mol. The van der Waals surface area contributed by atoms with Gasteiger partial charge >= 0.3 is 0 Å². The molecule has 0 amide bonds. The lowest BCUT2D eigenvalue weighted by Gasteiger charge is -2.27. The van der Waals surface area contributed by atoms with Crippen molar-refractivity contribution in [3.8, 4) is 0 Å². The first-order chi connectivity index (χ1) is 7.40. The third-order valence-corrected chi connectivity index (χ3v) is 3.27. The molecule has 1 aliphatic heterocycles. The lowest BCUT2D eigenvalue weighted by Crippen LogP contribution is -2.34. The van der Waals surface area contributed by atoms with Crippen LogP contribution in [0.3, 0.4) is 0 Å². The highest BCUT2D eigenvalue weighted by atomic mass is 32.1. The molecule has 0 unspecified atom stereocenters. The minimum Gasteiger partial charge on any atom is -0.333 e. The molecule has 0 aromatic carbocycles. The van der Waals surface area contributed by atoms with Crippen molar-refractivity contribution in [2.75, 3.05) is 18.8 Å². The van der Waals surface area contributed by atoms with Gasteiger partial charge in [-0.1, -0.05) is 6.42 Å². The van der Waals surface area contributed by atoms with Crippen LogP contribution in [0, 0.1) is 0 Å². The second-order valence-electron chi connectivity index (χ2n) is 4.10. The Morgan fingerprint density at radius 1 is 1.27 bits per heavy atom. The summed E-state index contributed by atoms with van der Waals surface area (Å²) in [5.74, 6) is 2.24. The molecule has 0 N–H and O–H groups in total. The van der Waals surface area contributed by atoms with Gasteiger partial charge in [-0.25, -0.2) is 4.98 Å². The summed E-state index contributed by atoms with van der Waals surface area (Å²) in [6.07, 6.45) is 7.81. The maximum atomic E-state index is 4.36. The van der Waals surface area contributed by atoms with Crippen LogP contribution in [0.2, 0.25) is 0 Å². The standard InChI is InChI=1S/C11H19N3S/c15-9-3-1-2-5-13-7-8-14-6-4-12-11(14)10-13/h4,6,15H,1-3,5,7-10H2. The van der Waals surface area contributed by atoms with E-state index in [2.05, 4.69) is 33.3 Å². The zero-order chi connectivity index (χ0) is 10.5. The molecule has 0 spiro atoms. The molecule has 0 radical (unpaired) electrons. The Kier molecular flexibility index (Phi) is 4.09. The van der Waals surface area contributed by atoms with Crippen molar-refractivity contribution in [1.82, 2.24) is 14.5 Å². The summed E-state index contributed by atoms with van der Waals surface area (Å²) in [7, 11) is 0. The average Bonchev–Trinajstić information content (AvgIpc) is 2.71. The van der Waals surface area contributed by atoms with Gasteiger partial charge in [-0.3, -0.25) is 4.90 Å². The van der Waals surface area contributed by atoms with Crippen molar-refractivity contribution < 1.29 is 0 Å². The van der Waals surface area contributed by atoms with Crippen LogP contribution in [0.5, 0.6) is 0 Å². The molecule has 0 atom stereocenters. The Morgan fingerprint density at radius 3 is 3.07 bits per heavy atom. The van der Waals surface area contributed by atoms with E-state index >= 15 is 0 Å². The van der Waals surface area contributed by atoms with Gasteiger partial charge in [-0.2, -0.15) is 12.6 Å². The molecule has 1 aliphatic rings. The molecule has 0 bridgehead atoms. The lowest BCUT2D eigenvalue weighted by atomic mass is 10.2. The maximum Gasteiger partial charge on any atom is 0.122 e. The van der Waals surface area contributed by atoms with Gasteiger partial charge in [0.25, 0.3) is 0 Å². The largest absolute Gasteiger partial charge is 0.333 e. The van der Waals surface area contributed by atoms with Crippen molar-refractivity contribution >= 4 is 12.6 Å². The van der Waals surface area contributed by atoms with E-state index in [1.165, 1.54) is 38.2 Å². The van der Waals surface area contributed by atoms with Gasteiger partial charge < -0.3 is 4.57 Å². The highest BCUT2D eigenvalue weighted by Crippen LogP contribution is 2.11. The van der Waals surface area contributed by atoms with Crippen molar-refractivity contribution in [2.45, 2.75) is 32.4 Å². The summed E-state index contributed by atoms with van der Waals surface area (Å²) in [5, 5.41) is 0. The van der Waals surface area contributed by atoms with Crippen LogP contribution in [-0.2, 0) is 13.1 Å². The lowest BCUT2D eigenvalue weighted by molar-refractivity contribution is 0.213. The van der Waals surface area contributed by atoms with Crippen LogP contribution >= 0.6 is 12.6 Å². The van der Waals surface area contributed by atoms with Crippen molar-refractivity contribution in [2.24, 2.45) is 0 Å². The Balaban J connectivity index is 1.73. The third-order valence-electron chi connectivity index (χ3n) is 2.96. The molecule has 15 heavy (non-hydrogen) atoms. The van der Waals surface area contributed by atoms with Gasteiger partial charge in [0, 0.05) is 25.5 Å². The molecule has 0 saturated carbocycles. The highest BCUT2D eigenvalue weighted by molar-refractivity contribution is 7.80. The molecular weight excluding hydrogens is 206 g/mol. The van der Waals surface area contributed by atoms with E-state index in [4.69, 9.17) is 0 Å². The molecule has 4 heteroatoms. The molecular formula is C11H19N3S. The van der Waals surface area contributed by atoms with E-state index < -0.39 is 0 Å². The molecule has 0 saturated heterocycles. The summed E-state index contributed by atoms with van der Waals surface area (Å²) in [6, 6.07) is 0. The maximum absolute atomic E-state index is 4.36. The molecule has 0 fully saturated rings. The summed E-state index contributed by atoms with van der Waals surface area (Å²) in [4.78, 5) is 6.86. The van der Waals surface area contributed by atoms with Gasteiger partial charge in [0.05, 0.1) is 6.54 Å². The fraction of sp³-hybridized carbons (Fsp3) is 0.727. The van der Waals surface area contributed by atoms with Gasteiger partial charge in [0.2, 0.25) is 0 Å². The fourth-order valence-electron chi connectivity index (χ4n) is 2.04. The molecule has 3 nitrogen and oxygen atoms in total. The van der Waals surface area contributed by atoms with Crippen molar-refractivity contribution in [1.29, 1.82) is 0 Å². The van der Waals surface area contributed by atoms with Crippen LogP contribution < -0.4 is 0 Å². The van der Waals surface area contributed by atoms with Crippen LogP contribution in [-0.4, -0.2) is 33.3 Å². The first-order valence-electron chi connectivity index (χ1n) is 5.73. The second kappa shape index (κ2) is 5.56. The van der Waals surface area contributed by atoms with Crippen LogP contribution in [0.15, 0.2) is 12.4 Å². The van der Waals surface area contributed by atoms with Gasteiger partial charge in [0.15, 0.2) is 0 Å². The van der Waals surface area contributed by atoms with Gasteiger partial charge in [0.1, 0.15) is 5.82 Å². The quantitative estimate of drug-likeness (QED) is 0.609. The summed E-state index contributed by atoms with van der Waals surface area (Å²) in [5.41, 5.74) is 0. The topological polar surface area (TPSA) is 21.1 Å². The number of rotatable bonds is 5. The van der Waals surface area contributed by atoms with E-state index in [9.17, 15) is 0 Å². The first-order valence-corrected chi connectivity index (χ1v) is 6.36. The zero-order valence-corrected chi connectivity index (χ0v) is 9.99. The van der Waals surface area contributed by atoms with E-state index in [1.807, 2.05) is 6.20 Å². The number of aromatic nitrogens is 2. The predicted octanol–water partition coefficient (Wildman–Crippen LogP) is 1.80. The molecule has 84 valence electrons. The first kappa shape index (κ1) is 11.0. The predicted molar refractivity (Wildman–Crippen MR) is 65.2 cm³/mol. The zero-order valence-electron chi connectivity index (χ0n) is 9.10. The Bertz CT molecular complexity index is 298. The van der Waals surface area contributed by atoms with Gasteiger partial charge in [-0.15, -0.1) is 0 Å². The average molecular weight is 225 g/mol. The summed E-state index contributed by atoms with van der Waals surface area (Å²) in [6.45, 7) is 4.50. The van der Waals surface area contributed by atoms with Crippen molar-refractivity contribution in [3.63, 3.8) is 0 Å². The summed E-state index contributed by atoms with van der Waals surface area (Å²) < 4.78 is 2.25. The number of hydrogen-bond donors (Lipinski definition) is 1. The minimum absolute atomic E-state index is 1.02.